The molecule has 0 unspecified atom stereocenters. The molecule has 3 rings (SSSR count). The molecule has 0 aromatic carbocycles. The summed E-state index contributed by atoms with van der Waals surface area (Å²) in [6.07, 6.45) is 4.97. The van der Waals surface area contributed by atoms with E-state index in [0.29, 0.717) is 25.3 Å². The number of aromatic nitrogens is 2. The van der Waals surface area contributed by atoms with Crippen molar-refractivity contribution in [2.75, 3.05) is 33.4 Å². The minimum Gasteiger partial charge on any atom is -0.396 e. The van der Waals surface area contributed by atoms with Gasteiger partial charge in [-0.25, -0.2) is 4.52 Å². The average Bonchev–Trinajstić information content (AvgIpc) is 2.99. The Hall–Kier alpha value is -1.92. The zero-order valence-corrected chi connectivity index (χ0v) is 12.7. The van der Waals surface area contributed by atoms with Crippen LogP contribution >= 0.6 is 0 Å². The lowest BCUT2D eigenvalue weighted by Crippen LogP contribution is -2.44. The van der Waals surface area contributed by atoms with E-state index in [-0.39, 0.29) is 17.9 Å². The summed E-state index contributed by atoms with van der Waals surface area (Å²) in [7, 11) is 1.78. The number of carbonyl (C=O) groups is 1. The minimum atomic E-state index is -0.258. The van der Waals surface area contributed by atoms with Gasteiger partial charge in [-0.2, -0.15) is 5.10 Å². The predicted molar refractivity (Wildman–Crippen MR) is 81.7 cm³/mol. The first-order chi connectivity index (χ1) is 10.7. The number of aliphatic hydroxyl groups excluding tert-OH is 1. The summed E-state index contributed by atoms with van der Waals surface area (Å²) >= 11 is 0. The Morgan fingerprint density at radius 2 is 2.23 bits per heavy atom. The van der Waals surface area contributed by atoms with Crippen LogP contribution in [-0.2, 0) is 4.74 Å². The van der Waals surface area contributed by atoms with Crippen LogP contribution in [0.25, 0.3) is 5.52 Å². The molecule has 2 aromatic heterocycles. The first-order valence-electron chi connectivity index (χ1n) is 7.52. The molecule has 1 fully saturated rings. The molecule has 6 heteroatoms. The Bertz CT molecular complexity index is 661. The molecule has 6 nitrogen and oxygen atoms in total. The van der Waals surface area contributed by atoms with E-state index in [1.807, 2.05) is 24.4 Å². The van der Waals surface area contributed by atoms with Gasteiger partial charge < -0.3 is 14.7 Å². The number of pyridine rings is 1. The van der Waals surface area contributed by atoms with Gasteiger partial charge in [0.05, 0.1) is 23.9 Å². The molecule has 1 N–H and O–H groups in total. The molecule has 0 spiro atoms. The van der Waals surface area contributed by atoms with Gasteiger partial charge in [0.25, 0.3) is 5.91 Å². The predicted octanol–water partition coefficient (Wildman–Crippen LogP) is 1.20. The Morgan fingerprint density at radius 3 is 2.95 bits per heavy atom. The van der Waals surface area contributed by atoms with Crippen molar-refractivity contribution in [2.24, 2.45) is 5.41 Å². The number of hydrogen-bond acceptors (Lipinski definition) is 4. The normalized spacial score (nSPS) is 17.5. The summed E-state index contributed by atoms with van der Waals surface area (Å²) in [6.45, 7) is 1.87. The lowest BCUT2D eigenvalue weighted by atomic mass is 9.80. The van der Waals surface area contributed by atoms with E-state index in [1.54, 1.807) is 22.7 Å². The third-order valence-corrected chi connectivity index (χ3v) is 4.47. The number of rotatable bonds is 4. The molecule has 2 aromatic rings. The quantitative estimate of drug-likeness (QED) is 0.921. The van der Waals surface area contributed by atoms with E-state index < -0.39 is 0 Å². The molecule has 118 valence electrons. The fourth-order valence-corrected chi connectivity index (χ4v) is 3.05. The summed E-state index contributed by atoms with van der Waals surface area (Å²) in [6, 6.07) is 5.65. The molecular formula is C16H21N3O3. The lowest BCUT2D eigenvalue weighted by Gasteiger charge is -2.38. The highest BCUT2D eigenvalue weighted by molar-refractivity contribution is 6.00. The van der Waals surface area contributed by atoms with Crippen molar-refractivity contribution < 1.29 is 14.6 Å². The van der Waals surface area contributed by atoms with E-state index in [4.69, 9.17) is 4.74 Å². The molecule has 0 saturated carbocycles. The van der Waals surface area contributed by atoms with Crippen molar-refractivity contribution in [3.63, 3.8) is 0 Å². The van der Waals surface area contributed by atoms with Gasteiger partial charge in [-0.05, 0) is 25.0 Å². The van der Waals surface area contributed by atoms with E-state index in [0.717, 1.165) is 18.4 Å². The third kappa shape index (κ3) is 2.71. The van der Waals surface area contributed by atoms with E-state index in [2.05, 4.69) is 5.10 Å². The summed E-state index contributed by atoms with van der Waals surface area (Å²) in [4.78, 5) is 14.4. The number of amides is 1. The van der Waals surface area contributed by atoms with Gasteiger partial charge in [0.2, 0.25) is 0 Å². The summed E-state index contributed by atoms with van der Waals surface area (Å²) < 4.78 is 7.06. The zero-order valence-electron chi connectivity index (χ0n) is 12.7. The van der Waals surface area contributed by atoms with Crippen LogP contribution in [0.1, 0.15) is 23.2 Å². The number of ether oxygens (including phenoxy) is 1. The van der Waals surface area contributed by atoms with E-state index in [9.17, 15) is 9.90 Å². The largest absolute Gasteiger partial charge is 0.396 e. The molecule has 1 aliphatic rings. The molecule has 0 atom stereocenters. The van der Waals surface area contributed by atoms with Crippen LogP contribution in [-0.4, -0.2) is 58.9 Å². The third-order valence-electron chi connectivity index (χ3n) is 4.47. The monoisotopic (exact) mass is 303 g/mol. The number of hydrogen-bond donors (Lipinski definition) is 1. The first kappa shape index (κ1) is 15.0. The molecule has 0 bridgehead atoms. The van der Waals surface area contributed by atoms with Crippen LogP contribution < -0.4 is 0 Å². The Kier molecular flexibility index (Phi) is 4.13. The van der Waals surface area contributed by atoms with Crippen molar-refractivity contribution in [2.45, 2.75) is 12.8 Å². The van der Waals surface area contributed by atoms with Gasteiger partial charge in [-0.1, -0.05) is 6.07 Å². The molecule has 0 radical (unpaired) electrons. The SMILES string of the molecule is CN(CC1(CO)CCOCC1)C(=O)c1cnn2ccccc12. The summed E-state index contributed by atoms with van der Waals surface area (Å²) in [5.41, 5.74) is 1.12. The highest BCUT2D eigenvalue weighted by atomic mass is 16.5. The zero-order chi connectivity index (χ0) is 15.6. The van der Waals surface area contributed by atoms with Crippen LogP contribution in [0.3, 0.4) is 0 Å². The minimum absolute atomic E-state index is 0.0690. The number of aliphatic hydroxyl groups is 1. The van der Waals surface area contributed by atoms with Crippen LogP contribution in [0.15, 0.2) is 30.6 Å². The lowest BCUT2D eigenvalue weighted by molar-refractivity contribution is -0.0282. The van der Waals surface area contributed by atoms with Crippen LogP contribution in [0.5, 0.6) is 0 Å². The molecule has 1 amide bonds. The molecule has 22 heavy (non-hydrogen) atoms. The van der Waals surface area contributed by atoms with E-state index in [1.165, 1.54) is 0 Å². The fourth-order valence-electron chi connectivity index (χ4n) is 3.05. The van der Waals surface area contributed by atoms with Crippen molar-refractivity contribution in [1.29, 1.82) is 0 Å². The highest BCUT2D eigenvalue weighted by Gasteiger charge is 2.34. The van der Waals surface area contributed by atoms with Gasteiger partial charge >= 0.3 is 0 Å². The smallest absolute Gasteiger partial charge is 0.257 e. The Labute approximate surface area is 129 Å². The maximum absolute atomic E-state index is 12.7. The average molecular weight is 303 g/mol. The summed E-state index contributed by atoms with van der Waals surface area (Å²) in [5.74, 6) is -0.0690. The molecule has 3 heterocycles. The van der Waals surface area contributed by atoms with Crippen molar-refractivity contribution in [3.8, 4) is 0 Å². The maximum atomic E-state index is 12.7. The van der Waals surface area contributed by atoms with Crippen molar-refractivity contribution in [3.05, 3.63) is 36.2 Å². The standard InChI is InChI=1S/C16H21N3O3/c1-18(11-16(12-20)5-8-22-9-6-16)15(21)13-10-17-19-7-3-2-4-14(13)19/h2-4,7,10,20H,5-6,8-9,11-12H2,1H3. The highest BCUT2D eigenvalue weighted by Crippen LogP contribution is 2.31. The Morgan fingerprint density at radius 1 is 1.45 bits per heavy atom. The maximum Gasteiger partial charge on any atom is 0.257 e. The van der Waals surface area contributed by atoms with E-state index >= 15 is 0 Å². The van der Waals surface area contributed by atoms with Gasteiger partial charge in [0.1, 0.15) is 0 Å². The van der Waals surface area contributed by atoms with Crippen LogP contribution in [0, 0.1) is 5.41 Å². The Balaban J connectivity index is 1.79. The second-order valence-corrected chi connectivity index (χ2v) is 6.02. The van der Waals surface area contributed by atoms with Crippen LogP contribution in [0.2, 0.25) is 0 Å². The molecular weight excluding hydrogens is 282 g/mol. The number of fused-ring (bicyclic) bond motifs is 1. The molecule has 0 aliphatic carbocycles. The molecule has 1 aliphatic heterocycles. The number of carbonyl (C=O) groups excluding carboxylic acids is 1. The number of nitrogens with zero attached hydrogens (tertiary/aromatic N) is 3. The molecule has 1 saturated heterocycles. The second kappa shape index (κ2) is 6.06. The van der Waals surface area contributed by atoms with Crippen LogP contribution in [0.4, 0.5) is 0 Å². The van der Waals surface area contributed by atoms with Gasteiger partial charge in [0.15, 0.2) is 0 Å². The summed E-state index contributed by atoms with van der Waals surface area (Å²) in [5, 5.41) is 14.0. The topological polar surface area (TPSA) is 67.1 Å². The fraction of sp³-hybridized carbons (Fsp3) is 0.500. The van der Waals surface area contributed by atoms with Gasteiger partial charge in [0, 0.05) is 38.4 Å². The van der Waals surface area contributed by atoms with Gasteiger partial charge in [-0.3, -0.25) is 4.79 Å². The van der Waals surface area contributed by atoms with Crippen molar-refractivity contribution >= 4 is 11.4 Å². The van der Waals surface area contributed by atoms with Gasteiger partial charge in [-0.15, -0.1) is 0 Å². The van der Waals surface area contributed by atoms with Crippen molar-refractivity contribution in [1.82, 2.24) is 14.5 Å². The second-order valence-electron chi connectivity index (χ2n) is 6.02. The first-order valence-corrected chi connectivity index (χ1v) is 7.52.